The number of carboxylic acid groups (broad SMARTS) is 1. The van der Waals surface area contributed by atoms with Gasteiger partial charge in [0.1, 0.15) is 0 Å². The molecule has 0 fully saturated rings. The van der Waals surface area contributed by atoms with E-state index >= 15 is 0 Å². The number of nitrogens with zero attached hydrogens (tertiary/aromatic N) is 1. The SMILES string of the molecule is Cc1sc(C(=O)O)nc1-c1cccs1. The number of thiophene rings is 1. The van der Waals surface area contributed by atoms with Crippen molar-refractivity contribution >= 4 is 28.6 Å². The predicted molar refractivity (Wildman–Crippen MR) is 57.1 cm³/mol. The maximum Gasteiger partial charge on any atom is 0.365 e. The first-order chi connectivity index (χ1) is 6.68. The maximum absolute atomic E-state index is 10.7. The number of aryl methyl sites for hydroxylation is 1. The standard InChI is InChI=1S/C9H7NO2S2/c1-5-7(6-3-2-4-13-6)10-8(14-5)9(11)12/h2-4H,1H3,(H,11,12). The van der Waals surface area contributed by atoms with Gasteiger partial charge in [-0.2, -0.15) is 0 Å². The Bertz CT molecular complexity index is 459. The van der Waals surface area contributed by atoms with E-state index in [-0.39, 0.29) is 5.01 Å². The molecule has 72 valence electrons. The van der Waals surface area contributed by atoms with E-state index in [2.05, 4.69) is 4.98 Å². The fourth-order valence-corrected chi connectivity index (χ4v) is 2.73. The highest BCUT2D eigenvalue weighted by Crippen LogP contribution is 2.30. The molecule has 0 aliphatic heterocycles. The molecule has 0 atom stereocenters. The van der Waals surface area contributed by atoms with Crippen LogP contribution in [0.15, 0.2) is 17.5 Å². The van der Waals surface area contributed by atoms with Gasteiger partial charge in [-0.3, -0.25) is 0 Å². The summed E-state index contributed by atoms with van der Waals surface area (Å²) >= 11 is 2.78. The second kappa shape index (κ2) is 3.51. The van der Waals surface area contributed by atoms with Crippen LogP contribution < -0.4 is 0 Å². The van der Waals surface area contributed by atoms with Crippen LogP contribution in [0.3, 0.4) is 0 Å². The van der Waals surface area contributed by atoms with Crippen molar-refractivity contribution in [1.29, 1.82) is 0 Å². The van der Waals surface area contributed by atoms with Crippen LogP contribution in [0.2, 0.25) is 0 Å². The zero-order chi connectivity index (χ0) is 10.1. The molecule has 0 aliphatic rings. The Kier molecular flexibility index (Phi) is 2.35. The van der Waals surface area contributed by atoms with Crippen molar-refractivity contribution < 1.29 is 9.90 Å². The van der Waals surface area contributed by atoms with Crippen LogP contribution in [-0.2, 0) is 0 Å². The van der Waals surface area contributed by atoms with Crippen molar-refractivity contribution in [3.63, 3.8) is 0 Å². The summed E-state index contributed by atoms with van der Waals surface area (Å²) in [6.45, 7) is 1.89. The molecule has 5 heteroatoms. The van der Waals surface area contributed by atoms with Gasteiger partial charge in [0, 0.05) is 4.88 Å². The minimum absolute atomic E-state index is 0.158. The van der Waals surface area contributed by atoms with E-state index < -0.39 is 5.97 Å². The van der Waals surface area contributed by atoms with Crippen LogP contribution in [0.1, 0.15) is 14.7 Å². The lowest BCUT2D eigenvalue weighted by molar-refractivity contribution is 0.0696. The average Bonchev–Trinajstić information content (AvgIpc) is 2.71. The Morgan fingerprint density at radius 2 is 2.36 bits per heavy atom. The zero-order valence-corrected chi connectivity index (χ0v) is 8.98. The van der Waals surface area contributed by atoms with Crippen molar-refractivity contribution in [2.24, 2.45) is 0 Å². The molecule has 0 spiro atoms. The summed E-state index contributed by atoms with van der Waals surface area (Å²) in [7, 11) is 0. The normalized spacial score (nSPS) is 10.4. The van der Waals surface area contributed by atoms with Crippen LogP contribution in [0.4, 0.5) is 0 Å². The molecule has 0 unspecified atom stereocenters. The number of thiazole rings is 1. The molecule has 2 heterocycles. The van der Waals surface area contributed by atoms with Gasteiger partial charge >= 0.3 is 5.97 Å². The molecule has 2 rings (SSSR count). The van der Waals surface area contributed by atoms with Crippen LogP contribution in [0.25, 0.3) is 10.6 Å². The summed E-state index contributed by atoms with van der Waals surface area (Å²) in [5, 5.41) is 10.9. The second-order valence-corrected chi connectivity index (χ2v) is 4.86. The fourth-order valence-electron chi connectivity index (χ4n) is 1.13. The molecule has 2 aromatic rings. The van der Waals surface area contributed by atoms with Crippen molar-refractivity contribution in [2.75, 3.05) is 0 Å². The lowest BCUT2D eigenvalue weighted by atomic mass is 10.3. The van der Waals surface area contributed by atoms with Gasteiger partial charge in [0.2, 0.25) is 5.01 Å². The Morgan fingerprint density at radius 1 is 1.57 bits per heavy atom. The largest absolute Gasteiger partial charge is 0.476 e. The number of carboxylic acids is 1. The summed E-state index contributed by atoms with van der Waals surface area (Å²) in [6, 6.07) is 3.87. The number of hydrogen-bond donors (Lipinski definition) is 1. The van der Waals surface area contributed by atoms with E-state index in [0.29, 0.717) is 0 Å². The summed E-state index contributed by atoms with van der Waals surface area (Å²) in [4.78, 5) is 16.7. The van der Waals surface area contributed by atoms with Crippen molar-refractivity contribution in [3.8, 4) is 10.6 Å². The van der Waals surface area contributed by atoms with Gasteiger partial charge in [-0.1, -0.05) is 6.07 Å². The molecule has 3 nitrogen and oxygen atoms in total. The molecule has 2 aromatic heterocycles. The van der Waals surface area contributed by atoms with Crippen molar-refractivity contribution in [3.05, 3.63) is 27.4 Å². The van der Waals surface area contributed by atoms with Crippen LogP contribution >= 0.6 is 22.7 Å². The summed E-state index contributed by atoms with van der Waals surface area (Å²) in [5.74, 6) is -0.957. The van der Waals surface area contributed by atoms with Gasteiger partial charge < -0.3 is 5.11 Å². The first-order valence-electron chi connectivity index (χ1n) is 3.93. The number of hydrogen-bond acceptors (Lipinski definition) is 4. The van der Waals surface area contributed by atoms with Gasteiger partial charge in [-0.05, 0) is 18.4 Å². The molecule has 0 aromatic carbocycles. The third-order valence-electron chi connectivity index (χ3n) is 1.73. The third kappa shape index (κ3) is 1.56. The van der Waals surface area contributed by atoms with Gasteiger partial charge in [0.05, 0.1) is 10.6 Å². The third-order valence-corrected chi connectivity index (χ3v) is 3.57. The van der Waals surface area contributed by atoms with E-state index in [4.69, 9.17) is 5.11 Å². The predicted octanol–water partition coefficient (Wildman–Crippen LogP) is 2.88. The first kappa shape index (κ1) is 9.36. The zero-order valence-electron chi connectivity index (χ0n) is 7.35. The minimum atomic E-state index is -0.957. The molecular formula is C9H7NO2S2. The minimum Gasteiger partial charge on any atom is -0.476 e. The Balaban J connectivity index is 2.50. The van der Waals surface area contributed by atoms with E-state index in [1.54, 1.807) is 11.3 Å². The quantitative estimate of drug-likeness (QED) is 0.855. The number of carbonyl (C=O) groups is 1. The lowest BCUT2D eigenvalue weighted by Gasteiger charge is -1.90. The second-order valence-electron chi connectivity index (χ2n) is 2.71. The van der Waals surface area contributed by atoms with Crippen LogP contribution in [0, 0.1) is 6.92 Å². The Morgan fingerprint density at radius 3 is 2.86 bits per heavy atom. The van der Waals surface area contributed by atoms with Crippen LogP contribution in [-0.4, -0.2) is 16.1 Å². The molecule has 14 heavy (non-hydrogen) atoms. The summed E-state index contributed by atoms with van der Waals surface area (Å²) < 4.78 is 0. The van der Waals surface area contributed by atoms with E-state index in [1.165, 1.54) is 11.3 Å². The monoisotopic (exact) mass is 225 g/mol. The number of aromatic carboxylic acids is 1. The Labute approximate surface area is 88.7 Å². The van der Waals surface area contributed by atoms with E-state index in [1.807, 2.05) is 24.4 Å². The summed E-state index contributed by atoms with van der Waals surface area (Å²) in [5.41, 5.74) is 0.794. The lowest BCUT2D eigenvalue weighted by Crippen LogP contribution is -1.93. The fraction of sp³-hybridized carbons (Fsp3) is 0.111. The van der Waals surface area contributed by atoms with Gasteiger partial charge in [0.25, 0.3) is 0 Å². The maximum atomic E-state index is 10.7. The molecule has 0 aliphatic carbocycles. The highest BCUT2D eigenvalue weighted by Gasteiger charge is 2.14. The van der Waals surface area contributed by atoms with Crippen molar-refractivity contribution in [2.45, 2.75) is 6.92 Å². The highest BCUT2D eigenvalue weighted by molar-refractivity contribution is 7.16. The van der Waals surface area contributed by atoms with Crippen LogP contribution in [0.5, 0.6) is 0 Å². The molecule has 0 saturated heterocycles. The molecule has 1 N–H and O–H groups in total. The molecule has 0 amide bonds. The topological polar surface area (TPSA) is 50.2 Å². The number of aromatic nitrogens is 1. The van der Waals surface area contributed by atoms with Gasteiger partial charge in [0.15, 0.2) is 0 Å². The molecular weight excluding hydrogens is 218 g/mol. The van der Waals surface area contributed by atoms with Gasteiger partial charge in [-0.25, -0.2) is 9.78 Å². The average molecular weight is 225 g/mol. The van der Waals surface area contributed by atoms with Gasteiger partial charge in [-0.15, -0.1) is 22.7 Å². The summed E-state index contributed by atoms with van der Waals surface area (Å²) in [6.07, 6.45) is 0. The first-order valence-corrected chi connectivity index (χ1v) is 5.62. The molecule has 0 radical (unpaired) electrons. The Hall–Kier alpha value is -1.20. The van der Waals surface area contributed by atoms with Crippen molar-refractivity contribution in [1.82, 2.24) is 4.98 Å². The molecule has 0 saturated carbocycles. The molecule has 0 bridgehead atoms. The smallest absolute Gasteiger partial charge is 0.365 e. The van der Waals surface area contributed by atoms with E-state index in [9.17, 15) is 4.79 Å². The number of rotatable bonds is 2. The highest BCUT2D eigenvalue weighted by atomic mass is 32.1. The van der Waals surface area contributed by atoms with E-state index in [0.717, 1.165) is 15.4 Å².